The molecule has 0 saturated carbocycles. The third-order valence-electron chi connectivity index (χ3n) is 1.19. The summed E-state index contributed by atoms with van der Waals surface area (Å²) in [6.45, 7) is -0.220. The van der Waals surface area contributed by atoms with Gasteiger partial charge >= 0.3 is 0 Å². The lowest BCUT2D eigenvalue weighted by atomic mass is 10.2. The quantitative estimate of drug-likeness (QED) is 0.739. The first kappa shape index (κ1) is 4.39. The third kappa shape index (κ3) is 1.74. The Bertz CT molecular complexity index is 288. The van der Waals surface area contributed by atoms with E-state index >= 15 is 0 Å². The lowest BCUT2D eigenvalue weighted by molar-refractivity contribution is 1.41. The molecule has 0 saturated heterocycles. The van der Waals surface area contributed by atoms with Crippen LogP contribution in [-0.4, -0.2) is 6.98 Å². The third-order valence-corrected chi connectivity index (χ3v) is 1.64. The Morgan fingerprint density at radius 2 is 2.30 bits per heavy atom. The van der Waals surface area contributed by atoms with Crippen molar-refractivity contribution in [3.63, 3.8) is 0 Å². The minimum absolute atomic E-state index is 0.604. The molecule has 0 aliphatic carbocycles. The van der Waals surface area contributed by atoms with Crippen molar-refractivity contribution in [2.45, 2.75) is 6.92 Å². The summed E-state index contributed by atoms with van der Waals surface area (Å²) in [6.07, 6.45) is 0. The van der Waals surface area contributed by atoms with Gasteiger partial charge in [0.15, 0.2) is 0 Å². The molecule has 0 aliphatic rings. The molecule has 2 heteroatoms. The highest BCUT2D eigenvalue weighted by molar-refractivity contribution is 9.10. The fourth-order valence-electron chi connectivity index (χ4n) is 0.809. The van der Waals surface area contributed by atoms with Crippen molar-refractivity contribution in [3.05, 3.63) is 28.2 Å². The first-order chi connectivity index (χ1) is 5.87. The Labute approximate surface area is 73.8 Å². The molecule has 10 heavy (non-hydrogen) atoms. The van der Waals surface area contributed by atoms with Crippen LogP contribution in [-0.2, 0) is 0 Å². The predicted molar refractivity (Wildman–Crippen MR) is 48.4 cm³/mol. The van der Waals surface area contributed by atoms with Gasteiger partial charge in [-0.25, -0.2) is 0 Å². The molecule has 0 spiro atoms. The topological polar surface area (TPSA) is 12.0 Å². The Hall–Kier alpha value is -0.500. The van der Waals surface area contributed by atoms with E-state index in [1.807, 2.05) is 13.0 Å². The van der Waals surface area contributed by atoms with E-state index in [9.17, 15) is 0 Å². The largest absolute Gasteiger partial charge is 0.388 e. The molecule has 0 heterocycles. The van der Waals surface area contributed by atoms with E-state index in [0.29, 0.717) is 5.69 Å². The van der Waals surface area contributed by atoms with Crippen molar-refractivity contribution >= 4 is 21.6 Å². The van der Waals surface area contributed by atoms with Gasteiger partial charge in [-0.05, 0) is 30.7 Å². The number of benzene rings is 1. The van der Waals surface area contributed by atoms with E-state index in [4.69, 9.17) is 4.11 Å². The smallest absolute Gasteiger partial charge is 0.0453 e. The zero-order valence-electron chi connectivity index (χ0n) is 8.61. The number of nitrogens with one attached hydrogen (secondary N) is 1. The van der Waals surface area contributed by atoms with E-state index in [2.05, 4.69) is 21.2 Å². The summed E-state index contributed by atoms with van der Waals surface area (Å²) >= 11 is 3.30. The number of anilines is 1. The summed E-state index contributed by atoms with van der Waals surface area (Å²) in [6, 6.07) is 5.45. The molecule has 0 radical (unpaired) electrons. The van der Waals surface area contributed by atoms with Crippen molar-refractivity contribution in [1.82, 2.24) is 0 Å². The summed E-state index contributed by atoms with van der Waals surface area (Å²) in [4.78, 5) is 0. The van der Waals surface area contributed by atoms with E-state index in [0.717, 1.165) is 10.0 Å². The summed E-state index contributed by atoms with van der Waals surface area (Å²) in [5.41, 5.74) is 1.62. The highest BCUT2D eigenvalue weighted by atomic mass is 79.9. The average molecular weight is 203 g/mol. The van der Waals surface area contributed by atoms with Gasteiger partial charge in [0.1, 0.15) is 0 Å². The van der Waals surface area contributed by atoms with Crippen LogP contribution in [0.2, 0.25) is 0 Å². The van der Waals surface area contributed by atoms with E-state index in [-0.39, 0.29) is 0 Å². The van der Waals surface area contributed by atoms with Gasteiger partial charge in [0.05, 0.1) is 0 Å². The van der Waals surface area contributed by atoms with Gasteiger partial charge in [-0.15, -0.1) is 0 Å². The second kappa shape index (κ2) is 3.06. The Kier molecular flexibility index (Phi) is 1.34. The molecule has 1 aromatic rings. The summed E-state index contributed by atoms with van der Waals surface area (Å²) in [5.74, 6) is 0. The highest BCUT2D eigenvalue weighted by Crippen LogP contribution is 2.18. The van der Waals surface area contributed by atoms with Crippen LogP contribution >= 0.6 is 15.9 Å². The van der Waals surface area contributed by atoms with Gasteiger partial charge in [0.25, 0.3) is 0 Å². The van der Waals surface area contributed by atoms with Gasteiger partial charge < -0.3 is 5.32 Å². The van der Waals surface area contributed by atoms with E-state index < -0.39 is 6.98 Å². The van der Waals surface area contributed by atoms with Crippen molar-refractivity contribution in [3.8, 4) is 0 Å². The van der Waals surface area contributed by atoms with Gasteiger partial charge in [-0.3, -0.25) is 0 Å². The first-order valence-corrected chi connectivity index (χ1v) is 3.71. The second-order valence-corrected chi connectivity index (χ2v) is 3.06. The maximum absolute atomic E-state index is 7.02. The maximum Gasteiger partial charge on any atom is 0.0453 e. The van der Waals surface area contributed by atoms with E-state index in [1.54, 1.807) is 12.1 Å². The molecule has 1 rings (SSSR count). The van der Waals surface area contributed by atoms with Crippen LogP contribution in [0.4, 0.5) is 5.69 Å². The normalized spacial score (nSPS) is 15.2. The van der Waals surface area contributed by atoms with Crippen LogP contribution in [0.15, 0.2) is 22.7 Å². The Morgan fingerprint density at radius 1 is 1.50 bits per heavy atom. The van der Waals surface area contributed by atoms with Gasteiger partial charge in [-0.2, -0.15) is 0 Å². The zero-order chi connectivity index (χ0) is 10.1. The molecule has 0 bridgehead atoms. The molecule has 1 nitrogen and oxygen atoms in total. The first-order valence-electron chi connectivity index (χ1n) is 4.42. The molecule has 0 atom stereocenters. The summed E-state index contributed by atoms with van der Waals surface area (Å²) in [5, 5.41) is 2.43. The number of halogens is 1. The van der Waals surface area contributed by atoms with Crippen molar-refractivity contribution in [1.29, 1.82) is 0 Å². The minimum Gasteiger partial charge on any atom is -0.388 e. The van der Waals surface area contributed by atoms with E-state index in [1.165, 1.54) is 0 Å². The van der Waals surface area contributed by atoms with Crippen molar-refractivity contribution < 1.29 is 4.11 Å². The zero-order valence-corrected chi connectivity index (χ0v) is 7.20. The molecule has 0 fully saturated rings. The van der Waals surface area contributed by atoms with Crippen LogP contribution in [0.1, 0.15) is 9.68 Å². The molecule has 1 aromatic carbocycles. The Morgan fingerprint density at radius 3 is 2.90 bits per heavy atom. The molecular weight excluding hydrogens is 190 g/mol. The van der Waals surface area contributed by atoms with Crippen LogP contribution in [0.5, 0.6) is 0 Å². The van der Waals surface area contributed by atoms with Gasteiger partial charge in [-0.1, -0.05) is 15.9 Å². The maximum atomic E-state index is 7.02. The lowest BCUT2D eigenvalue weighted by Gasteiger charge is -2.01. The fraction of sp³-hybridized carbons (Fsp3) is 0.250. The summed E-state index contributed by atoms with van der Waals surface area (Å²) in [7, 11) is 0. The lowest BCUT2D eigenvalue weighted by Crippen LogP contribution is -1.87. The predicted octanol–water partition coefficient (Wildman–Crippen LogP) is 2.80. The van der Waals surface area contributed by atoms with Crippen LogP contribution in [0, 0.1) is 6.92 Å². The van der Waals surface area contributed by atoms with Gasteiger partial charge in [0, 0.05) is 21.2 Å². The SMILES string of the molecule is [2H]C([2H])([2H])Nc1cc(C)cc(Br)c1. The van der Waals surface area contributed by atoms with Crippen molar-refractivity contribution in [2.75, 3.05) is 12.3 Å². The molecule has 0 aromatic heterocycles. The molecular formula is C8H10BrN. The van der Waals surface area contributed by atoms with Crippen LogP contribution in [0.3, 0.4) is 0 Å². The molecule has 0 aliphatic heterocycles. The number of hydrogen-bond donors (Lipinski definition) is 1. The Balaban J connectivity index is 2.90. The standard InChI is InChI=1S/C8H10BrN/c1-6-3-7(9)5-8(4-6)10-2/h3-5,10H,1-2H3/i2D3. The molecule has 0 amide bonds. The fourth-order valence-corrected chi connectivity index (χ4v) is 1.42. The highest BCUT2D eigenvalue weighted by Gasteiger charge is 1.91. The second-order valence-electron chi connectivity index (χ2n) is 2.14. The molecule has 54 valence electrons. The van der Waals surface area contributed by atoms with Gasteiger partial charge in [0.2, 0.25) is 0 Å². The van der Waals surface area contributed by atoms with Crippen molar-refractivity contribution in [2.24, 2.45) is 0 Å². The van der Waals surface area contributed by atoms with Crippen LogP contribution < -0.4 is 5.32 Å². The number of hydrogen-bond acceptors (Lipinski definition) is 1. The summed E-state index contributed by atoms with van der Waals surface area (Å²) < 4.78 is 21.9. The molecule has 1 N–H and O–H groups in total. The monoisotopic (exact) mass is 202 g/mol. The van der Waals surface area contributed by atoms with Crippen LogP contribution in [0.25, 0.3) is 0 Å². The average Bonchev–Trinajstić information content (AvgIpc) is 1.78. The number of aryl methyl sites for hydroxylation is 1. The number of rotatable bonds is 1. The minimum atomic E-state index is -2.13. The molecule has 0 unspecified atom stereocenters.